The molecule has 5 heteroatoms. The van der Waals surface area contributed by atoms with Gasteiger partial charge in [-0.2, -0.15) is 0 Å². The SMILES string of the molecule is COc1cc(C)c(CN(C)CCOc2cccc(Cl)c2)cc1OC. The van der Waals surface area contributed by atoms with Gasteiger partial charge in [0, 0.05) is 18.1 Å². The Bertz CT molecular complexity index is 676. The summed E-state index contributed by atoms with van der Waals surface area (Å²) in [5, 5.41) is 0.682. The molecule has 0 spiro atoms. The molecular formula is C19H24ClNO3. The molecule has 2 rings (SSSR count). The lowest BCUT2D eigenvalue weighted by Gasteiger charge is -2.20. The Morgan fingerprint density at radius 3 is 2.42 bits per heavy atom. The number of hydrogen-bond acceptors (Lipinski definition) is 4. The van der Waals surface area contributed by atoms with Crippen molar-refractivity contribution in [3.05, 3.63) is 52.5 Å². The first kappa shape index (κ1) is 18.4. The Morgan fingerprint density at radius 2 is 1.75 bits per heavy atom. The van der Waals surface area contributed by atoms with Gasteiger partial charge in [-0.3, -0.25) is 4.90 Å². The van der Waals surface area contributed by atoms with Crippen molar-refractivity contribution in [2.24, 2.45) is 0 Å². The van der Waals surface area contributed by atoms with Crippen molar-refractivity contribution in [3.63, 3.8) is 0 Å². The van der Waals surface area contributed by atoms with Crippen LogP contribution in [0.25, 0.3) is 0 Å². The summed E-state index contributed by atoms with van der Waals surface area (Å²) in [5.41, 5.74) is 2.38. The van der Waals surface area contributed by atoms with Crippen molar-refractivity contribution in [3.8, 4) is 17.2 Å². The third kappa shape index (κ3) is 5.05. The molecule has 24 heavy (non-hydrogen) atoms. The van der Waals surface area contributed by atoms with Gasteiger partial charge < -0.3 is 14.2 Å². The zero-order chi connectivity index (χ0) is 17.5. The van der Waals surface area contributed by atoms with Gasteiger partial charge >= 0.3 is 0 Å². The van der Waals surface area contributed by atoms with Crippen LogP contribution in [0.2, 0.25) is 5.02 Å². The van der Waals surface area contributed by atoms with E-state index in [-0.39, 0.29) is 0 Å². The molecule has 0 bridgehead atoms. The van der Waals surface area contributed by atoms with Crippen LogP contribution < -0.4 is 14.2 Å². The number of methoxy groups -OCH3 is 2. The average Bonchev–Trinajstić information content (AvgIpc) is 2.56. The lowest BCUT2D eigenvalue weighted by Crippen LogP contribution is -2.24. The van der Waals surface area contributed by atoms with Crippen LogP contribution in [-0.4, -0.2) is 39.3 Å². The lowest BCUT2D eigenvalue weighted by atomic mass is 10.1. The van der Waals surface area contributed by atoms with Crippen LogP contribution in [0.3, 0.4) is 0 Å². The molecule has 0 saturated carbocycles. The maximum Gasteiger partial charge on any atom is 0.161 e. The quantitative estimate of drug-likeness (QED) is 0.715. The standard InChI is InChI=1S/C19H24ClNO3/c1-14-10-18(22-3)19(23-4)11-15(14)13-21(2)8-9-24-17-7-5-6-16(20)12-17/h5-7,10-12H,8-9,13H2,1-4H3. The molecule has 2 aromatic rings. The van der Waals surface area contributed by atoms with Crippen LogP contribution >= 0.6 is 11.6 Å². The molecule has 0 aliphatic carbocycles. The van der Waals surface area contributed by atoms with E-state index in [9.17, 15) is 0 Å². The van der Waals surface area contributed by atoms with E-state index >= 15 is 0 Å². The van der Waals surface area contributed by atoms with Gasteiger partial charge in [-0.05, 0) is 55.4 Å². The Hall–Kier alpha value is -1.91. The first-order valence-corrected chi connectivity index (χ1v) is 8.19. The van der Waals surface area contributed by atoms with Crippen LogP contribution in [0.5, 0.6) is 17.2 Å². The molecule has 4 nitrogen and oxygen atoms in total. The molecule has 0 saturated heterocycles. The Balaban J connectivity index is 1.91. The molecule has 0 N–H and O–H groups in total. The van der Waals surface area contributed by atoms with Crippen LogP contribution in [0.4, 0.5) is 0 Å². The number of halogens is 1. The highest BCUT2D eigenvalue weighted by Crippen LogP contribution is 2.30. The highest BCUT2D eigenvalue weighted by Gasteiger charge is 2.10. The molecule has 0 radical (unpaired) electrons. The van der Waals surface area contributed by atoms with Gasteiger partial charge in [-0.1, -0.05) is 17.7 Å². The topological polar surface area (TPSA) is 30.9 Å². The van der Waals surface area contributed by atoms with Crippen LogP contribution in [-0.2, 0) is 6.54 Å². The fraction of sp³-hybridized carbons (Fsp3) is 0.368. The second-order valence-electron chi connectivity index (χ2n) is 5.68. The maximum absolute atomic E-state index is 5.95. The zero-order valence-electron chi connectivity index (χ0n) is 14.6. The smallest absolute Gasteiger partial charge is 0.161 e. The van der Waals surface area contributed by atoms with E-state index in [4.69, 9.17) is 25.8 Å². The summed E-state index contributed by atoms with van der Waals surface area (Å²) < 4.78 is 16.5. The Kier molecular flexibility index (Phi) is 6.76. The molecule has 0 aromatic heterocycles. The first-order valence-electron chi connectivity index (χ1n) is 7.82. The van der Waals surface area contributed by atoms with E-state index < -0.39 is 0 Å². The number of benzene rings is 2. The predicted octanol–water partition coefficient (Wildman–Crippen LogP) is 4.18. The Morgan fingerprint density at radius 1 is 1.04 bits per heavy atom. The number of hydrogen-bond donors (Lipinski definition) is 0. The summed E-state index contributed by atoms with van der Waals surface area (Å²) in [6.45, 7) is 4.29. The molecule has 0 aliphatic rings. The molecule has 0 atom stereocenters. The van der Waals surface area contributed by atoms with Crippen LogP contribution in [0, 0.1) is 6.92 Å². The summed E-state index contributed by atoms with van der Waals surface area (Å²) in [6, 6.07) is 11.5. The van der Waals surface area contributed by atoms with Crippen molar-refractivity contribution in [1.82, 2.24) is 4.90 Å². The summed E-state index contributed by atoms with van der Waals surface area (Å²) >= 11 is 5.95. The van der Waals surface area contributed by atoms with Gasteiger partial charge in [-0.25, -0.2) is 0 Å². The van der Waals surface area contributed by atoms with Crippen molar-refractivity contribution in [1.29, 1.82) is 0 Å². The van der Waals surface area contributed by atoms with E-state index in [0.717, 1.165) is 30.3 Å². The van der Waals surface area contributed by atoms with Gasteiger partial charge in [0.1, 0.15) is 12.4 Å². The molecule has 0 fully saturated rings. The van der Waals surface area contributed by atoms with E-state index in [1.54, 1.807) is 14.2 Å². The highest BCUT2D eigenvalue weighted by atomic mass is 35.5. The van der Waals surface area contributed by atoms with Gasteiger partial charge in [0.05, 0.1) is 14.2 Å². The lowest BCUT2D eigenvalue weighted by molar-refractivity contribution is 0.232. The van der Waals surface area contributed by atoms with E-state index in [1.807, 2.05) is 36.4 Å². The molecule has 130 valence electrons. The van der Waals surface area contributed by atoms with Crippen molar-refractivity contribution < 1.29 is 14.2 Å². The normalized spacial score (nSPS) is 10.8. The molecule has 0 unspecified atom stereocenters. The monoisotopic (exact) mass is 349 g/mol. The zero-order valence-corrected chi connectivity index (χ0v) is 15.4. The summed E-state index contributed by atoms with van der Waals surface area (Å²) in [7, 11) is 5.37. The third-order valence-electron chi connectivity index (χ3n) is 3.82. The summed E-state index contributed by atoms with van der Waals surface area (Å²) in [4.78, 5) is 2.21. The first-order chi connectivity index (χ1) is 11.5. The number of rotatable bonds is 8. The van der Waals surface area contributed by atoms with Gasteiger partial charge in [-0.15, -0.1) is 0 Å². The van der Waals surface area contributed by atoms with Gasteiger partial charge in [0.2, 0.25) is 0 Å². The van der Waals surface area contributed by atoms with E-state index in [0.29, 0.717) is 11.6 Å². The fourth-order valence-electron chi connectivity index (χ4n) is 2.44. The minimum absolute atomic E-state index is 0.600. The second kappa shape index (κ2) is 8.81. The molecule has 2 aromatic carbocycles. The van der Waals surface area contributed by atoms with Crippen molar-refractivity contribution in [2.75, 3.05) is 34.4 Å². The summed E-state index contributed by atoms with van der Waals surface area (Å²) in [5.74, 6) is 2.30. The van der Waals surface area contributed by atoms with Gasteiger partial charge in [0.15, 0.2) is 11.5 Å². The molecular weight excluding hydrogens is 326 g/mol. The van der Waals surface area contributed by atoms with Crippen LogP contribution in [0.1, 0.15) is 11.1 Å². The summed E-state index contributed by atoms with van der Waals surface area (Å²) in [6.07, 6.45) is 0. The van der Waals surface area contributed by atoms with Gasteiger partial charge in [0.25, 0.3) is 0 Å². The van der Waals surface area contributed by atoms with Crippen LogP contribution in [0.15, 0.2) is 36.4 Å². The van der Waals surface area contributed by atoms with E-state index in [1.165, 1.54) is 11.1 Å². The second-order valence-corrected chi connectivity index (χ2v) is 6.11. The minimum atomic E-state index is 0.600. The van der Waals surface area contributed by atoms with E-state index in [2.05, 4.69) is 18.9 Å². The largest absolute Gasteiger partial charge is 0.493 e. The number of aryl methyl sites for hydroxylation is 1. The Labute approximate surface area is 148 Å². The third-order valence-corrected chi connectivity index (χ3v) is 4.06. The molecule has 0 aliphatic heterocycles. The van der Waals surface area contributed by atoms with Crippen molar-refractivity contribution >= 4 is 11.6 Å². The number of nitrogens with zero attached hydrogens (tertiary/aromatic N) is 1. The highest BCUT2D eigenvalue weighted by molar-refractivity contribution is 6.30. The fourth-order valence-corrected chi connectivity index (χ4v) is 2.62. The number of ether oxygens (including phenoxy) is 3. The minimum Gasteiger partial charge on any atom is -0.493 e. The molecule has 0 amide bonds. The van der Waals surface area contributed by atoms with Crippen molar-refractivity contribution in [2.45, 2.75) is 13.5 Å². The number of likely N-dealkylation sites (N-methyl/N-ethyl adjacent to an activating group) is 1. The average molecular weight is 350 g/mol. The maximum atomic E-state index is 5.95. The molecule has 0 heterocycles. The predicted molar refractivity (Wildman–Crippen MR) is 97.6 cm³/mol.